The van der Waals surface area contributed by atoms with Crippen molar-refractivity contribution in [1.29, 1.82) is 0 Å². The Balaban J connectivity index is 1.37. The van der Waals surface area contributed by atoms with E-state index < -0.39 is 10.0 Å². The summed E-state index contributed by atoms with van der Waals surface area (Å²) in [6, 6.07) is 15.9. The Hall–Kier alpha value is -2.81. The van der Waals surface area contributed by atoms with E-state index >= 15 is 0 Å². The molecular weight excluding hydrogens is 414 g/mol. The van der Waals surface area contributed by atoms with Gasteiger partial charge in [0.2, 0.25) is 10.0 Å². The van der Waals surface area contributed by atoms with Gasteiger partial charge in [-0.05, 0) is 49.1 Å². The number of ether oxygens (including phenoxy) is 1. The Labute approximate surface area is 181 Å². The molecule has 2 aromatic carbocycles. The minimum Gasteiger partial charge on any atom is -0.377 e. The van der Waals surface area contributed by atoms with Gasteiger partial charge in [0, 0.05) is 36.8 Å². The van der Waals surface area contributed by atoms with Crippen LogP contribution in [0.15, 0.2) is 65.7 Å². The van der Waals surface area contributed by atoms with E-state index in [1.54, 1.807) is 18.3 Å². The van der Waals surface area contributed by atoms with Gasteiger partial charge < -0.3 is 10.1 Å². The lowest BCUT2D eigenvalue weighted by Crippen LogP contribution is -2.32. The van der Waals surface area contributed by atoms with E-state index in [-0.39, 0.29) is 23.5 Å². The molecule has 162 valence electrons. The van der Waals surface area contributed by atoms with E-state index in [1.165, 1.54) is 12.1 Å². The third-order valence-corrected chi connectivity index (χ3v) is 6.75. The summed E-state index contributed by atoms with van der Waals surface area (Å²) < 4.78 is 33.2. The normalized spacial score (nSPS) is 16.5. The first kappa shape index (κ1) is 21.4. The van der Waals surface area contributed by atoms with Gasteiger partial charge in [-0.2, -0.15) is 0 Å². The molecule has 2 N–H and O–H groups in total. The van der Waals surface area contributed by atoms with Gasteiger partial charge >= 0.3 is 0 Å². The Bertz CT molecular complexity index is 1170. The van der Waals surface area contributed by atoms with Crippen molar-refractivity contribution in [2.24, 2.45) is 0 Å². The molecule has 1 unspecified atom stereocenters. The molecule has 4 rings (SSSR count). The number of nitrogens with zero attached hydrogens (tertiary/aromatic N) is 1. The zero-order valence-electron chi connectivity index (χ0n) is 17.1. The number of carbonyl (C=O) groups is 1. The topological polar surface area (TPSA) is 97.4 Å². The number of para-hydroxylation sites is 1. The van der Waals surface area contributed by atoms with Crippen molar-refractivity contribution >= 4 is 26.8 Å². The van der Waals surface area contributed by atoms with Crippen LogP contribution in [-0.2, 0) is 21.2 Å². The molecule has 0 aliphatic carbocycles. The van der Waals surface area contributed by atoms with Crippen molar-refractivity contribution in [3.05, 3.63) is 71.9 Å². The maximum Gasteiger partial charge on any atom is 0.251 e. The number of nitrogens with one attached hydrogen (secondary N) is 2. The van der Waals surface area contributed by atoms with Crippen molar-refractivity contribution in [3.8, 4) is 0 Å². The van der Waals surface area contributed by atoms with Crippen LogP contribution < -0.4 is 10.0 Å². The van der Waals surface area contributed by atoms with Gasteiger partial charge in [0.25, 0.3) is 5.91 Å². The molecule has 31 heavy (non-hydrogen) atoms. The third kappa shape index (κ3) is 5.28. The highest BCUT2D eigenvalue weighted by Crippen LogP contribution is 2.17. The van der Waals surface area contributed by atoms with Crippen molar-refractivity contribution in [3.63, 3.8) is 0 Å². The number of pyridine rings is 1. The van der Waals surface area contributed by atoms with Gasteiger partial charge in [-0.3, -0.25) is 9.78 Å². The van der Waals surface area contributed by atoms with E-state index in [9.17, 15) is 13.2 Å². The van der Waals surface area contributed by atoms with Gasteiger partial charge in [0.15, 0.2) is 0 Å². The van der Waals surface area contributed by atoms with E-state index in [0.717, 1.165) is 29.3 Å². The number of rotatable bonds is 8. The van der Waals surface area contributed by atoms with Crippen LogP contribution in [-0.4, -0.2) is 45.1 Å². The molecule has 1 aliphatic heterocycles. The molecule has 7 nitrogen and oxygen atoms in total. The number of benzene rings is 2. The van der Waals surface area contributed by atoms with Crippen LogP contribution in [0.1, 0.15) is 28.8 Å². The molecule has 1 aliphatic rings. The molecule has 0 radical (unpaired) electrons. The molecule has 0 spiro atoms. The Morgan fingerprint density at radius 1 is 1.13 bits per heavy atom. The number of hydrogen-bond acceptors (Lipinski definition) is 5. The minimum absolute atomic E-state index is 0.0661. The second-order valence-corrected chi connectivity index (χ2v) is 9.28. The van der Waals surface area contributed by atoms with Gasteiger partial charge in [-0.1, -0.05) is 30.3 Å². The SMILES string of the molecule is O=C(NCCc1cccc2cccnc12)c1cccc(S(=O)(=O)NCC2CCCO2)c1. The molecule has 1 amide bonds. The fraction of sp³-hybridized carbons (Fsp3) is 0.304. The molecule has 1 fully saturated rings. The zero-order chi connectivity index (χ0) is 21.7. The fourth-order valence-corrected chi connectivity index (χ4v) is 4.79. The first-order valence-corrected chi connectivity index (χ1v) is 11.8. The number of sulfonamides is 1. The van der Waals surface area contributed by atoms with Crippen LogP contribution in [0.4, 0.5) is 0 Å². The standard InChI is InChI=1S/C23H25N3O4S/c27-23(25-13-11-18-6-1-5-17-8-3-12-24-22(17)18)19-7-2-10-21(15-19)31(28,29)26-16-20-9-4-14-30-20/h1-3,5-8,10,12,15,20,26H,4,9,11,13-14,16H2,(H,25,27). The first-order valence-electron chi connectivity index (χ1n) is 10.3. The van der Waals surface area contributed by atoms with E-state index in [1.807, 2.05) is 30.3 Å². The van der Waals surface area contributed by atoms with Gasteiger partial charge in [-0.15, -0.1) is 0 Å². The van der Waals surface area contributed by atoms with Crippen LogP contribution >= 0.6 is 0 Å². The highest BCUT2D eigenvalue weighted by Gasteiger charge is 2.21. The van der Waals surface area contributed by atoms with Crippen LogP contribution in [0.5, 0.6) is 0 Å². The summed E-state index contributed by atoms with van der Waals surface area (Å²) in [5.74, 6) is -0.315. The summed E-state index contributed by atoms with van der Waals surface area (Å²) in [6.07, 6.45) is 4.07. The highest BCUT2D eigenvalue weighted by molar-refractivity contribution is 7.89. The molecule has 2 heterocycles. The number of fused-ring (bicyclic) bond motifs is 1. The van der Waals surface area contributed by atoms with Gasteiger partial charge in [-0.25, -0.2) is 13.1 Å². The molecule has 0 bridgehead atoms. The lowest BCUT2D eigenvalue weighted by atomic mass is 10.1. The largest absolute Gasteiger partial charge is 0.377 e. The number of aromatic nitrogens is 1. The van der Waals surface area contributed by atoms with Crippen molar-refractivity contribution < 1.29 is 17.9 Å². The predicted molar refractivity (Wildman–Crippen MR) is 118 cm³/mol. The van der Waals surface area contributed by atoms with Crippen LogP contribution in [0.25, 0.3) is 10.9 Å². The van der Waals surface area contributed by atoms with Crippen LogP contribution in [0.3, 0.4) is 0 Å². The molecule has 1 aromatic heterocycles. The summed E-state index contributed by atoms with van der Waals surface area (Å²) >= 11 is 0. The molecule has 0 saturated carbocycles. The van der Waals surface area contributed by atoms with Crippen LogP contribution in [0.2, 0.25) is 0 Å². The summed E-state index contributed by atoms with van der Waals surface area (Å²) in [7, 11) is -3.71. The maximum atomic E-state index is 12.6. The number of amides is 1. The summed E-state index contributed by atoms with van der Waals surface area (Å²) in [6.45, 7) is 1.32. The fourth-order valence-electron chi connectivity index (χ4n) is 3.68. The minimum atomic E-state index is -3.71. The monoisotopic (exact) mass is 439 g/mol. The van der Waals surface area contributed by atoms with Gasteiger partial charge in [0.05, 0.1) is 16.5 Å². The number of hydrogen-bond donors (Lipinski definition) is 2. The van der Waals surface area contributed by atoms with E-state index in [0.29, 0.717) is 25.1 Å². The summed E-state index contributed by atoms with van der Waals surface area (Å²) in [4.78, 5) is 17.1. The molecular formula is C23H25N3O4S. The molecule has 3 aromatic rings. The van der Waals surface area contributed by atoms with E-state index in [4.69, 9.17) is 4.74 Å². The summed E-state index contributed by atoms with van der Waals surface area (Å²) in [5.41, 5.74) is 2.27. The van der Waals surface area contributed by atoms with Crippen LogP contribution in [0, 0.1) is 0 Å². The van der Waals surface area contributed by atoms with Gasteiger partial charge in [0.1, 0.15) is 0 Å². The predicted octanol–water partition coefficient (Wildman–Crippen LogP) is 2.66. The maximum absolute atomic E-state index is 12.6. The average molecular weight is 440 g/mol. The summed E-state index contributed by atoms with van der Waals surface area (Å²) in [5, 5.41) is 3.92. The van der Waals surface area contributed by atoms with Crippen molar-refractivity contribution in [1.82, 2.24) is 15.0 Å². The molecule has 1 atom stereocenters. The Kier molecular flexibility index (Phi) is 6.60. The van der Waals surface area contributed by atoms with Crippen molar-refractivity contribution in [2.45, 2.75) is 30.3 Å². The highest BCUT2D eigenvalue weighted by atomic mass is 32.2. The number of carbonyl (C=O) groups excluding carboxylic acids is 1. The Morgan fingerprint density at radius 2 is 1.97 bits per heavy atom. The average Bonchev–Trinajstić information content (AvgIpc) is 3.32. The quantitative estimate of drug-likeness (QED) is 0.562. The molecule has 1 saturated heterocycles. The first-order chi connectivity index (χ1) is 15.0. The lowest BCUT2D eigenvalue weighted by Gasteiger charge is -2.12. The third-order valence-electron chi connectivity index (χ3n) is 5.33. The second-order valence-electron chi connectivity index (χ2n) is 7.51. The van der Waals surface area contributed by atoms with E-state index in [2.05, 4.69) is 15.0 Å². The second kappa shape index (κ2) is 9.55. The Morgan fingerprint density at radius 3 is 2.81 bits per heavy atom. The lowest BCUT2D eigenvalue weighted by molar-refractivity contribution is 0.0954. The van der Waals surface area contributed by atoms with Crippen molar-refractivity contribution in [2.75, 3.05) is 19.7 Å². The zero-order valence-corrected chi connectivity index (χ0v) is 17.9. The smallest absolute Gasteiger partial charge is 0.251 e. The molecule has 8 heteroatoms.